The molecule has 3 aromatic rings. The Bertz CT molecular complexity index is 1380. The van der Waals surface area contributed by atoms with Crippen LogP contribution in [-0.2, 0) is 6.18 Å². The average Bonchev–Trinajstić information content (AvgIpc) is 3.73. The van der Waals surface area contributed by atoms with Crippen molar-refractivity contribution in [3.05, 3.63) is 58.7 Å². The zero-order chi connectivity index (χ0) is 28.4. The number of carbonyl (C=O) groups is 1. The van der Waals surface area contributed by atoms with E-state index in [0.29, 0.717) is 54.3 Å². The van der Waals surface area contributed by atoms with E-state index in [4.69, 9.17) is 16.3 Å². The largest absolute Gasteiger partial charge is 0.489 e. The van der Waals surface area contributed by atoms with E-state index in [1.54, 1.807) is 6.07 Å². The summed E-state index contributed by atoms with van der Waals surface area (Å²) in [5.74, 6) is -0.0308. The lowest BCUT2D eigenvalue weighted by Gasteiger charge is -2.31. The van der Waals surface area contributed by atoms with E-state index >= 15 is 0 Å². The van der Waals surface area contributed by atoms with Crippen molar-refractivity contribution in [3.63, 3.8) is 0 Å². The number of aromatic nitrogens is 1. The molecule has 2 fully saturated rings. The van der Waals surface area contributed by atoms with Gasteiger partial charge in [-0.15, -0.1) is 0 Å². The van der Waals surface area contributed by atoms with Gasteiger partial charge >= 0.3 is 12.8 Å². The predicted octanol–water partition coefficient (Wildman–Crippen LogP) is 7.45. The first-order valence-corrected chi connectivity index (χ1v) is 13.4. The van der Waals surface area contributed by atoms with Crippen LogP contribution in [0, 0.1) is 5.92 Å². The Hall–Kier alpha value is -3.34. The molecular formula is C28H27ClF5N3O3. The molecule has 40 heavy (non-hydrogen) atoms. The molecule has 1 heterocycles. The summed E-state index contributed by atoms with van der Waals surface area (Å²) in [5.41, 5.74) is -0.242. The van der Waals surface area contributed by atoms with Crippen molar-refractivity contribution < 1.29 is 36.2 Å². The third-order valence-electron chi connectivity index (χ3n) is 7.08. The minimum Gasteiger partial charge on any atom is -0.489 e. The van der Waals surface area contributed by atoms with Gasteiger partial charge in [-0.1, -0.05) is 11.6 Å². The van der Waals surface area contributed by atoms with Crippen molar-refractivity contribution in [3.8, 4) is 11.5 Å². The van der Waals surface area contributed by atoms with E-state index < -0.39 is 18.5 Å². The number of alkyl halides is 5. The molecule has 2 aromatic carbocycles. The van der Waals surface area contributed by atoms with E-state index in [-0.39, 0.29) is 40.6 Å². The van der Waals surface area contributed by atoms with Crippen LogP contribution in [0.4, 0.5) is 27.6 Å². The lowest BCUT2D eigenvalue weighted by molar-refractivity contribution is -0.140. The van der Waals surface area contributed by atoms with Gasteiger partial charge < -0.3 is 20.1 Å². The van der Waals surface area contributed by atoms with Crippen LogP contribution in [0.3, 0.4) is 0 Å². The number of ether oxygens (including phenoxy) is 2. The summed E-state index contributed by atoms with van der Waals surface area (Å²) in [6, 6.07) is 9.36. The molecule has 0 bridgehead atoms. The maximum atomic E-state index is 13.4. The summed E-state index contributed by atoms with van der Waals surface area (Å²) in [7, 11) is 0. The molecule has 5 rings (SSSR count). The van der Waals surface area contributed by atoms with Crippen LogP contribution >= 0.6 is 11.6 Å². The van der Waals surface area contributed by atoms with E-state index in [9.17, 15) is 26.7 Å². The molecular weight excluding hydrogens is 557 g/mol. The van der Waals surface area contributed by atoms with Gasteiger partial charge in [-0.3, -0.25) is 4.79 Å². The number of nitrogens with zero attached hydrogens (tertiary/aromatic N) is 1. The number of fused-ring (bicyclic) bond motifs is 1. The highest BCUT2D eigenvalue weighted by Crippen LogP contribution is 2.36. The van der Waals surface area contributed by atoms with Gasteiger partial charge in [0.1, 0.15) is 5.69 Å². The first-order chi connectivity index (χ1) is 19.0. The fraction of sp³-hybridized carbons (Fsp3) is 0.429. The lowest BCUT2D eigenvalue weighted by atomic mass is 9.90. The van der Waals surface area contributed by atoms with Crippen LogP contribution in [-0.4, -0.2) is 36.2 Å². The van der Waals surface area contributed by atoms with Crippen molar-refractivity contribution in [1.82, 2.24) is 10.3 Å². The minimum absolute atomic E-state index is 0.0932. The maximum absolute atomic E-state index is 13.4. The molecule has 1 amide bonds. The molecule has 12 heteroatoms. The number of carbonyl (C=O) groups excluding carboxylic acids is 1. The van der Waals surface area contributed by atoms with Crippen molar-refractivity contribution in [1.29, 1.82) is 0 Å². The third kappa shape index (κ3) is 7.04. The van der Waals surface area contributed by atoms with Crippen LogP contribution in [0.15, 0.2) is 42.5 Å². The number of anilines is 1. The Balaban J connectivity index is 1.22. The van der Waals surface area contributed by atoms with Crippen molar-refractivity contribution in [2.24, 2.45) is 5.92 Å². The van der Waals surface area contributed by atoms with Gasteiger partial charge in [0.05, 0.1) is 12.1 Å². The van der Waals surface area contributed by atoms with E-state index in [1.807, 2.05) is 0 Å². The molecule has 2 saturated carbocycles. The smallest absolute Gasteiger partial charge is 0.433 e. The summed E-state index contributed by atoms with van der Waals surface area (Å²) in [5, 5.41) is 7.07. The first kappa shape index (κ1) is 28.2. The van der Waals surface area contributed by atoms with Gasteiger partial charge in [0.15, 0.2) is 11.5 Å². The van der Waals surface area contributed by atoms with Crippen LogP contribution in [0.5, 0.6) is 11.5 Å². The molecule has 0 saturated heterocycles. The highest BCUT2D eigenvalue weighted by Gasteiger charge is 2.34. The summed E-state index contributed by atoms with van der Waals surface area (Å²) in [4.78, 5) is 16.7. The molecule has 2 N–H and O–H groups in total. The van der Waals surface area contributed by atoms with E-state index in [0.717, 1.165) is 18.9 Å². The Morgan fingerprint density at radius 2 is 1.70 bits per heavy atom. The number of hydrogen-bond donors (Lipinski definition) is 2. The summed E-state index contributed by atoms with van der Waals surface area (Å²) < 4.78 is 76.1. The molecule has 2 aliphatic carbocycles. The molecule has 1 aromatic heterocycles. The Labute approximate surface area is 232 Å². The second-order valence-corrected chi connectivity index (χ2v) is 10.6. The van der Waals surface area contributed by atoms with Crippen molar-refractivity contribution in [2.75, 3.05) is 11.9 Å². The molecule has 0 aliphatic heterocycles. The fourth-order valence-corrected chi connectivity index (χ4v) is 4.95. The molecule has 6 nitrogen and oxygen atoms in total. The van der Waals surface area contributed by atoms with Crippen LogP contribution in [0.25, 0.3) is 10.9 Å². The Morgan fingerprint density at radius 1 is 0.975 bits per heavy atom. The quantitative estimate of drug-likeness (QED) is 0.256. The molecule has 0 radical (unpaired) electrons. The standard InChI is InChI=1S/C28H27ClF5N3O3/c29-17-4-9-21-20(12-17)22(13-25(37-21)28(32,33)34)35-18-5-7-19(8-6-18)36-26(38)16-3-10-23(40-27(30)31)24(11-16)39-14-15-1-2-15/h3-4,9-13,15,18-19,27H,1-2,5-8,14H2,(H,35,37)(H,36,38). The Kier molecular flexibility index (Phi) is 8.21. The van der Waals surface area contributed by atoms with Gasteiger partial charge in [0.25, 0.3) is 5.91 Å². The summed E-state index contributed by atoms with van der Waals surface area (Å²) in [6.07, 6.45) is -0.178. The van der Waals surface area contributed by atoms with Crippen LogP contribution in [0.2, 0.25) is 5.02 Å². The number of benzene rings is 2. The molecule has 214 valence electrons. The topological polar surface area (TPSA) is 72.5 Å². The first-order valence-electron chi connectivity index (χ1n) is 13.0. The van der Waals surface area contributed by atoms with Gasteiger partial charge in [0, 0.05) is 33.7 Å². The number of hydrogen-bond acceptors (Lipinski definition) is 5. The highest BCUT2D eigenvalue weighted by atomic mass is 35.5. The monoisotopic (exact) mass is 583 g/mol. The van der Waals surface area contributed by atoms with Crippen molar-refractivity contribution in [2.45, 2.75) is 63.4 Å². The van der Waals surface area contributed by atoms with Gasteiger partial charge in [-0.25, -0.2) is 4.98 Å². The number of rotatable bonds is 9. The number of pyridine rings is 1. The highest BCUT2D eigenvalue weighted by molar-refractivity contribution is 6.31. The normalized spacial score (nSPS) is 19.5. The van der Waals surface area contributed by atoms with Gasteiger partial charge in [-0.05, 0) is 86.9 Å². The van der Waals surface area contributed by atoms with Gasteiger partial charge in [-0.2, -0.15) is 22.0 Å². The minimum atomic E-state index is -4.60. The van der Waals surface area contributed by atoms with E-state index in [2.05, 4.69) is 20.4 Å². The number of amides is 1. The second kappa shape index (κ2) is 11.6. The van der Waals surface area contributed by atoms with Gasteiger partial charge in [0.2, 0.25) is 0 Å². The number of nitrogens with one attached hydrogen (secondary N) is 2. The summed E-state index contributed by atoms with van der Waals surface area (Å²) in [6.45, 7) is -2.65. The van der Waals surface area contributed by atoms with E-state index in [1.165, 1.54) is 30.3 Å². The van der Waals surface area contributed by atoms with Crippen molar-refractivity contribution >= 4 is 34.1 Å². The lowest BCUT2D eigenvalue weighted by Crippen LogP contribution is -2.40. The molecule has 2 aliphatic rings. The van der Waals surface area contributed by atoms with Crippen LogP contribution in [0.1, 0.15) is 54.6 Å². The molecule has 0 atom stereocenters. The number of halogens is 6. The second-order valence-electron chi connectivity index (χ2n) is 10.2. The fourth-order valence-electron chi connectivity index (χ4n) is 4.78. The maximum Gasteiger partial charge on any atom is 0.433 e. The Morgan fingerprint density at radius 3 is 2.38 bits per heavy atom. The van der Waals surface area contributed by atoms with Crippen LogP contribution < -0.4 is 20.1 Å². The summed E-state index contributed by atoms with van der Waals surface area (Å²) >= 11 is 6.09. The molecule has 0 spiro atoms. The SMILES string of the molecule is O=C(NC1CCC(Nc2cc(C(F)(F)F)nc3ccc(Cl)cc23)CC1)c1ccc(OC(F)F)c(OCC2CC2)c1. The average molecular weight is 584 g/mol. The molecule has 0 unspecified atom stereocenters. The predicted molar refractivity (Wildman–Crippen MR) is 140 cm³/mol. The zero-order valence-corrected chi connectivity index (χ0v) is 22.0. The third-order valence-corrected chi connectivity index (χ3v) is 7.31. The zero-order valence-electron chi connectivity index (χ0n) is 21.2.